The van der Waals surface area contributed by atoms with Gasteiger partial charge in [0.25, 0.3) is 0 Å². The lowest BCUT2D eigenvalue weighted by molar-refractivity contribution is 0.900. The van der Waals surface area contributed by atoms with Crippen LogP contribution in [0.2, 0.25) is 0 Å². The number of nitrogens with one attached hydrogen (secondary N) is 1. The molecule has 82 valence electrons. The summed E-state index contributed by atoms with van der Waals surface area (Å²) in [6.07, 6.45) is 3.51. The number of hydrogen-bond donors (Lipinski definition) is 1. The van der Waals surface area contributed by atoms with Crippen LogP contribution in [0.3, 0.4) is 0 Å². The van der Waals surface area contributed by atoms with Crippen LogP contribution in [0, 0.1) is 0 Å². The van der Waals surface area contributed by atoms with Gasteiger partial charge in [0.1, 0.15) is 0 Å². The number of nitrogens with zero attached hydrogens (tertiary/aromatic N) is 2. The van der Waals surface area contributed by atoms with Crippen molar-refractivity contribution < 1.29 is 0 Å². The highest BCUT2D eigenvalue weighted by Gasteiger charge is 2.00. The van der Waals surface area contributed by atoms with E-state index in [0.29, 0.717) is 6.04 Å². The molecule has 0 unspecified atom stereocenters. The van der Waals surface area contributed by atoms with Crippen LogP contribution in [0.25, 0.3) is 11.4 Å². The Morgan fingerprint density at radius 1 is 1.00 bits per heavy atom. The summed E-state index contributed by atoms with van der Waals surface area (Å²) in [5.41, 5.74) is 2.16. The maximum atomic E-state index is 4.21. The quantitative estimate of drug-likeness (QED) is 0.851. The maximum Gasteiger partial charge on any atom is 0.159 e. The van der Waals surface area contributed by atoms with Gasteiger partial charge in [-0.3, -0.25) is 0 Å². The van der Waals surface area contributed by atoms with Crippen molar-refractivity contribution in [3.63, 3.8) is 0 Å². The molecule has 0 spiro atoms. The summed E-state index contributed by atoms with van der Waals surface area (Å²) >= 11 is 0. The Balaban J connectivity index is 2.20. The number of hydrogen-bond acceptors (Lipinski definition) is 3. The minimum absolute atomic E-state index is 0.443. The molecule has 1 N–H and O–H groups in total. The van der Waals surface area contributed by atoms with E-state index in [4.69, 9.17) is 0 Å². The Morgan fingerprint density at radius 3 is 2.19 bits per heavy atom. The molecule has 0 aliphatic heterocycles. The van der Waals surface area contributed by atoms with E-state index < -0.39 is 0 Å². The van der Waals surface area contributed by atoms with Gasteiger partial charge in [-0.05, 0) is 44.2 Å². The van der Waals surface area contributed by atoms with Crippen LogP contribution in [0.15, 0.2) is 42.7 Å². The average Bonchev–Trinajstić information content (AvgIpc) is 2.30. The molecule has 3 nitrogen and oxygen atoms in total. The fourth-order valence-electron chi connectivity index (χ4n) is 1.50. The monoisotopic (exact) mass is 213 g/mol. The highest BCUT2D eigenvalue weighted by atomic mass is 14.9. The fraction of sp³-hybridized carbons (Fsp3) is 0.231. The van der Waals surface area contributed by atoms with Crippen LogP contribution in [0.5, 0.6) is 0 Å². The summed E-state index contributed by atoms with van der Waals surface area (Å²) in [4.78, 5) is 8.42. The number of anilines is 1. The van der Waals surface area contributed by atoms with E-state index in [1.54, 1.807) is 12.4 Å². The van der Waals surface area contributed by atoms with Gasteiger partial charge in [-0.2, -0.15) is 0 Å². The zero-order valence-corrected chi connectivity index (χ0v) is 9.51. The SMILES string of the molecule is CC(C)Nc1ccc(-c2ncccn2)cc1. The van der Waals surface area contributed by atoms with Crippen molar-refractivity contribution in [2.45, 2.75) is 19.9 Å². The first-order chi connectivity index (χ1) is 7.75. The zero-order valence-electron chi connectivity index (χ0n) is 9.51. The topological polar surface area (TPSA) is 37.8 Å². The fourth-order valence-corrected chi connectivity index (χ4v) is 1.50. The molecule has 16 heavy (non-hydrogen) atoms. The Labute approximate surface area is 95.6 Å². The molecule has 2 rings (SSSR count). The molecule has 1 aromatic carbocycles. The van der Waals surface area contributed by atoms with Gasteiger partial charge < -0.3 is 5.32 Å². The molecule has 0 amide bonds. The maximum absolute atomic E-state index is 4.21. The van der Waals surface area contributed by atoms with Gasteiger partial charge in [0.2, 0.25) is 0 Å². The van der Waals surface area contributed by atoms with Crippen molar-refractivity contribution in [3.05, 3.63) is 42.7 Å². The standard InChI is InChI=1S/C13H15N3/c1-10(2)16-12-6-4-11(5-7-12)13-14-8-3-9-15-13/h3-10,16H,1-2H3. The number of rotatable bonds is 3. The minimum atomic E-state index is 0.443. The molecule has 0 aliphatic rings. The van der Waals surface area contributed by atoms with Crippen molar-refractivity contribution in [1.29, 1.82) is 0 Å². The van der Waals surface area contributed by atoms with Crippen LogP contribution in [-0.4, -0.2) is 16.0 Å². The first kappa shape index (κ1) is 10.6. The lowest BCUT2D eigenvalue weighted by Crippen LogP contribution is -2.09. The minimum Gasteiger partial charge on any atom is -0.383 e. The third-order valence-corrected chi connectivity index (χ3v) is 2.16. The molecular formula is C13H15N3. The largest absolute Gasteiger partial charge is 0.383 e. The van der Waals surface area contributed by atoms with Crippen molar-refractivity contribution in [1.82, 2.24) is 9.97 Å². The third kappa shape index (κ3) is 2.57. The summed E-state index contributed by atoms with van der Waals surface area (Å²) in [6.45, 7) is 4.24. The Hall–Kier alpha value is -1.90. The van der Waals surface area contributed by atoms with Gasteiger partial charge >= 0.3 is 0 Å². The number of aromatic nitrogens is 2. The summed E-state index contributed by atoms with van der Waals surface area (Å²) < 4.78 is 0. The molecule has 0 bridgehead atoms. The van der Waals surface area contributed by atoms with Crippen LogP contribution in [0.1, 0.15) is 13.8 Å². The van der Waals surface area contributed by atoms with Crippen molar-refractivity contribution >= 4 is 5.69 Å². The normalized spacial score (nSPS) is 10.4. The van der Waals surface area contributed by atoms with Crippen LogP contribution < -0.4 is 5.32 Å². The van der Waals surface area contributed by atoms with Crippen LogP contribution in [0.4, 0.5) is 5.69 Å². The van der Waals surface area contributed by atoms with Gasteiger partial charge in [-0.25, -0.2) is 9.97 Å². The van der Waals surface area contributed by atoms with E-state index in [-0.39, 0.29) is 0 Å². The highest BCUT2D eigenvalue weighted by Crippen LogP contribution is 2.17. The van der Waals surface area contributed by atoms with E-state index in [9.17, 15) is 0 Å². The molecule has 1 heterocycles. The smallest absolute Gasteiger partial charge is 0.159 e. The van der Waals surface area contributed by atoms with E-state index >= 15 is 0 Å². The van der Waals surface area contributed by atoms with Crippen molar-refractivity contribution in [2.24, 2.45) is 0 Å². The third-order valence-electron chi connectivity index (χ3n) is 2.16. The van der Waals surface area contributed by atoms with E-state index in [1.165, 1.54) is 0 Å². The van der Waals surface area contributed by atoms with E-state index in [0.717, 1.165) is 17.1 Å². The molecule has 0 saturated carbocycles. The van der Waals surface area contributed by atoms with Gasteiger partial charge in [0, 0.05) is 29.7 Å². The molecule has 2 aromatic rings. The van der Waals surface area contributed by atoms with E-state index in [1.807, 2.05) is 30.3 Å². The molecule has 0 radical (unpaired) electrons. The summed E-state index contributed by atoms with van der Waals surface area (Å²) in [6, 6.07) is 10.4. The lowest BCUT2D eigenvalue weighted by atomic mass is 10.2. The molecule has 1 aromatic heterocycles. The molecule has 0 aliphatic carbocycles. The van der Waals surface area contributed by atoms with Crippen LogP contribution >= 0.6 is 0 Å². The predicted molar refractivity (Wildman–Crippen MR) is 66.2 cm³/mol. The van der Waals surface area contributed by atoms with Gasteiger partial charge in [-0.1, -0.05) is 0 Å². The summed E-state index contributed by atoms with van der Waals surface area (Å²) in [5.74, 6) is 0.763. The molecule has 0 fully saturated rings. The summed E-state index contributed by atoms with van der Waals surface area (Å²) in [5, 5.41) is 3.34. The van der Waals surface area contributed by atoms with Gasteiger partial charge in [0.15, 0.2) is 5.82 Å². The van der Waals surface area contributed by atoms with Crippen molar-refractivity contribution in [2.75, 3.05) is 5.32 Å². The first-order valence-electron chi connectivity index (χ1n) is 5.40. The lowest BCUT2D eigenvalue weighted by Gasteiger charge is -2.09. The predicted octanol–water partition coefficient (Wildman–Crippen LogP) is 2.96. The second kappa shape index (κ2) is 4.75. The Bertz CT molecular complexity index is 434. The second-order valence-electron chi connectivity index (χ2n) is 3.95. The molecule has 0 atom stereocenters. The Morgan fingerprint density at radius 2 is 1.62 bits per heavy atom. The molecule has 0 saturated heterocycles. The second-order valence-corrected chi connectivity index (χ2v) is 3.95. The molecule has 3 heteroatoms. The zero-order chi connectivity index (χ0) is 11.4. The number of benzene rings is 1. The van der Waals surface area contributed by atoms with Gasteiger partial charge in [-0.15, -0.1) is 0 Å². The summed E-state index contributed by atoms with van der Waals surface area (Å²) in [7, 11) is 0. The Kier molecular flexibility index (Phi) is 3.15. The first-order valence-corrected chi connectivity index (χ1v) is 5.40. The van der Waals surface area contributed by atoms with Gasteiger partial charge in [0.05, 0.1) is 0 Å². The average molecular weight is 213 g/mol. The highest BCUT2D eigenvalue weighted by molar-refractivity contribution is 5.59. The van der Waals surface area contributed by atoms with Crippen molar-refractivity contribution in [3.8, 4) is 11.4 Å². The van der Waals surface area contributed by atoms with E-state index in [2.05, 4.69) is 29.1 Å². The van der Waals surface area contributed by atoms with Crippen LogP contribution in [-0.2, 0) is 0 Å². The molecular weight excluding hydrogens is 198 g/mol.